The Hall–Kier alpha value is -1.32. The Balaban J connectivity index is 1.88. The summed E-state index contributed by atoms with van der Waals surface area (Å²) in [5.41, 5.74) is 0. The van der Waals surface area contributed by atoms with Crippen molar-refractivity contribution < 1.29 is 18.6 Å². The monoisotopic (exact) mass is 242 g/mol. The molecule has 1 saturated carbocycles. The zero-order valence-electron chi connectivity index (χ0n) is 9.53. The smallest absolute Gasteiger partial charge is 0.248 e. The van der Waals surface area contributed by atoms with Crippen molar-refractivity contribution >= 4 is 0 Å². The number of alkyl halides is 2. The van der Waals surface area contributed by atoms with Crippen LogP contribution in [0.2, 0.25) is 0 Å². The molecular weight excluding hydrogens is 226 g/mol. The molecule has 1 unspecified atom stereocenters. The highest BCUT2D eigenvalue weighted by Gasteiger charge is 2.36. The molecule has 4 heteroatoms. The number of benzene rings is 1. The lowest BCUT2D eigenvalue weighted by molar-refractivity contribution is -0.0586. The Labute approximate surface area is 99.2 Å². The van der Waals surface area contributed by atoms with Crippen molar-refractivity contribution in [2.24, 2.45) is 5.92 Å². The van der Waals surface area contributed by atoms with E-state index in [1.807, 2.05) is 0 Å². The molecule has 1 aliphatic rings. The van der Waals surface area contributed by atoms with Crippen LogP contribution in [0.1, 0.15) is 25.7 Å². The third-order valence-electron chi connectivity index (χ3n) is 3.08. The quantitative estimate of drug-likeness (QED) is 0.877. The first kappa shape index (κ1) is 12.1. The molecule has 0 spiro atoms. The fourth-order valence-corrected chi connectivity index (χ4v) is 2.20. The number of hydrogen-bond acceptors (Lipinski definition) is 2. The Morgan fingerprint density at radius 2 is 2.12 bits per heavy atom. The lowest BCUT2D eigenvalue weighted by Crippen LogP contribution is -2.29. The average Bonchev–Trinajstić information content (AvgIpc) is 2.27. The fourth-order valence-electron chi connectivity index (χ4n) is 2.20. The highest BCUT2D eigenvalue weighted by molar-refractivity contribution is 5.37. The third kappa shape index (κ3) is 3.32. The summed E-state index contributed by atoms with van der Waals surface area (Å²) in [7, 11) is 0. The molecule has 0 radical (unpaired) electrons. The summed E-state index contributed by atoms with van der Waals surface area (Å²) in [5.74, 6) is -2.26. The zero-order chi connectivity index (χ0) is 12.3. The van der Waals surface area contributed by atoms with Crippen LogP contribution in [-0.4, -0.2) is 17.6 Å². The SMILES string of the molecule is Oc1ccccc1OCC1CCCC(F)(F)C1. The van der Waals surface area contributed by atoms with Crippen LogP contribution in [0.5, 0.6) is 11.5 Å². The summed E-state index contributed by atoms with van der Waals surface area (Å²) in [4.78, 5) is 0. The summed E-state index contributed by atoms with van der Waals surface area (Å²) < 4.78 is 31.7. The van der Waals surface area contributed by atoms with Crippen molar-refractivity contribution in [3.63, 3.8) is 0 Å². The lowest BCUT2D eigenvalue weighted by Gasteiger charge is -2.28. The van der Waals surface area contributed by atoms with Crippen LogP contribution in [0.3, 0.4) is 0 Å². The molecule has 1 aromatic rings. The summed E-state index contributed by atoms with van der Waals surface area (Å²) in [6.07, 6.45) is 1.19. The Morgan fingerprint density at radius 3 is 2.82 bits per heavy atom. The van der Waals surface area contributed by atoms with Crippen molar-refractivity contribution in [1.82, 2.24) is 0 Å². The largest absolute Gasteiger partial charge is 0.504 e. The van der Waals surface area contributed by atoms with Gasteiger partial charge in [-0.1, -0.05) is 12.1 Å². The van der Waals surface area contributed by atoms with Gasteiger partial charge in [-0.05, 0) is 30.9 Å². The number of ether oxygens (including phenoxy) is 1. The average molecular weight is 242 g/mol. The Kier molecular flexibility index (Phi) is 3.50. The summed E-state index contributed by atoms with van der Waals surface area (Å²) in [6, 6.07) is 6.59. The van der Waals surface area contributed by atoms with Crippen LogP contribution >= 0.6 is 0 Å². The molecule has 1 aromatic carbocycles. The predicted molar refractivity (Wildman–Crippen MR) is 60.5 cm³/mol. The van der Waals surface area contributed by atoms with Crippen molar-refractivity contribution in [2.45, 2.75) is 31.6 Å². The van der Waals surface area contributed by atoms with Gasteiger partial charge in [0.05, 0.1) is 6.61 Å². The minimum atomic E-state index is -2.55. The van der Waals surface area contributed by atoms with Crippen LogP contribution in [0.25, 0.3) is 0 Å². The molecular formula is C13H16F2O2. The highest BCUT2D eigenvalue weighted by Crippen LogP contribution is 2.37. The molecule has 0 aliphatic heterocycles. The maximum atomic E-state index is 13.2. The molecule has 0 aromatic heterocycles. The molecule has 1 N–H and O–H groups in total. The van der Waals surface area contributed by atoms with E-state index in [1.165, 1.54) is 6.07 Å². The normalized spacial score (nSPS) is 23.3. The molecule has 0 amide bonds. The minimum absolute atomic E-state index is 0.0138. The van der Waals surface area contributed by atoms with Gasteiger partial charge in [-0.25, -0.2) is 8.78 Å². The van der Waals surface area contributed by atoms with Crippen molar-refractivity contribution in [1.29, 1.82) is 0 Å². The first-order valence-electron chi connectivity index (χ1n) is 5.85. The lowest BCUT2D eigenvalue weighted by atomic mass is 9.87. The second kappa shape index (κ2) is 4.90. The summed E-state index contributed by atoms with van der Waals surface area (Å²) >= 11 is 0. The van der Waals surface area contributed by atoms with E-state index in [0.29, 0.717) is 12.2 Å². The molecule has 2 rings (SSSR count). The van der Waals surface area contributed by atoms with Crippen LogP contribution in [0.15, 0.2) is 24.3 Å². The summed E-state index contributed by atoms with van der Waals surface area (Å²) in [6.45, 7) is 0.243. The predicted octanol–water partition coefficient (Wildman–Crippen LogP) is 3.60. The van der Waals surface area contributed by atoms with Gasteiger partial charge in [-0.3, -0.25) is 0 Å². The molecule has 0 heterocycles. The Bertz CT molecular complexity index is 379. The van der Waals surface area contributed by atoms with Gasteiger partial charge in [-0.2, -0.15) is 0 Å². The highest BCUT2D eigenvalue weighted by atomic mass is 19.3. The van der Waals surface area contributed by atoms with Gasteiger partial charge in [0.2, 0.25) is 5.92 Å². The maximum absolute atomic E-state index is 13.2. The van der Waals surface area contributed by atoms with Gasteiger partial charge in [0.15, 0.2) is 11.5 Å². The first-order valence-corrected chi connectivity index (χ1v) is 5.85. The number of halogens is 2. The summed E-state index contributed by atoms with van der Waals surface area (Å²) in [5, 5.41) is 9.47. The van der Waals surface area contributed by atoms with Gasteiger partial charge in [0.25, 0.3) is 0 Å². The van der Waals surface area contributed by atoms with E-state index >= 15 is 0 Å². The molecule has 1 aliphatic carbocycles. The van der Waals surface area contributed by atoms with Crippen LogP contribution in [-0.2, 0) is 0 Å². The molecule has 0 bridgehead atoms. The fraction of sp³-hybridized carbons (Fsp3) is 0.538. The Morgan fingerprint density at radius 1 is 1.35 bits per heavy atom. The molecule has 2 nitrogen and oxygen atoms in total. The third-order valence-corrected chi connectivity index (χ3v) is 3.08. The van der Waals surface area contributed by atoms with E-state index in [2.05, 4.69) is 0 Å². The second-order valence-electron chi connectivity index (χ2n) is 4.60. The molecule has 17 heavy (non-hydrogen) atoms. The number of rotatable bonds is 3. The molecule has 94 valence electrons. The minimum Gasteiger partial charge on any atom is -0.504 e. The molecule has 1 atom stereocenters. The number of phenols is 1. The van der Waals surface area contributed by atoms with E-state index in [4.69, 9.17) is 4.74 Å². The van der Waals surface area contributed by atoms with Crippen molar-refractivity contribution in [2.75, 3.05) is 6.61 Å². The van der Waals surface area contributed by atoms with Gasteiger partial charge in [0, 0.05) is 12.8 Å². The first-order chi connectivity index (χ1) is 8.07. The second-order valence-corrected chi connectivity index (χ2v) is 4.60. The van der Waals surface area contributed by atoms with Crippen LogP contribution in [0, 0.1) is 5.92 Å². The topological polar surface area (TPSA) is 29.5 Å². The zero-order valence-corrected chi connectivity index (χ0v) is 9.53. The van der Waals surface area contributed by atoms with E-state index in [1.54, 1.807) is 18.2 Å². The number of hydrogen-bond donors (Lipinski definition) is 1. The molecule has 0 saturated heterocycles. The number of aromatic hydroxyl groups is 1. The van der Waals surface area contributed by atoms with Gasteiger partial charge < -0.3 is 9.84 Å². The van der Waals surface area contributed by atoms with E-state index < -0.39 is 5.92 Å². The van der Waals surface area contributed by atoms with E-state index in [9.17, 15) is 13.9 Å². The standard InChI is InChI=1S/C13H16F2O2/c14-13(15)7-3-4-10(8-13)9-17-12-6-2-1-5-11(12)16/h1-2,5-6,10,16H,3-4,7-9H2. The van der Waals surface area contributed by atoms with Crippen molar-refractivity contribution in [3.05, 3.63) is 24.3 Å². The van der Waals surface area contributed by atoms with Gasteiger partial charge >= 0.3 is 0 Å². The molecule has 1 fully saturated rings. The van der Waals surface area contributed by atoms with Crippen LogP contribution < -0.4 is 4.74 Å². The van der Waals surface area contributed by atoms with Crippen LogP contribution in [0.4, 0.5) is 8.78 Å². The van der Waals surface area contributed by atoms with Gasteiger partial charge in [-0.15, -0.1) is 0 Å². The van der Waals surface area contributed by atoms with Crippen molar-refractivity contribution in [3.8, 4) is 11.5 Å². The van der Waals surface area contributed by atoms with Gasteiger partial charge in [0.1, 0.15) is 0 Å². The number of para-hydroxylation sites is 2. The van der Waals surface area contributed by atoms with E-state index in [0.717, 1.165) is 6.42 Å². The van der Waals surface area contributed by atoms with E-state index in [-0.39, 0.29) is 31.1 Å². The number of phenolic OH excluding ortho intramolecular Hbond substituents is 1. The maximum Gasteiger partial charge on any atom is 0.248 e.